The minimum Gasteiger partial charge on any atom is -0.302 e. The number of nitrogens with zero attached hydrogens (tertiary/aromatic N) is 3. The second-order valence-corrected chi connectivity index (χ2v) is 7.76. The number of hydrogen-bond acceptors (Lipinski definition) is 3. The number of benzene rings is 1. The Labute approximate surface area is 155 Å². The van der Waals surface area contributed by atoms with E-state index in [-0.39, 0.29) is 11.8 Å². The second-order valence-electron chi connectivity index (χ2n) is 7.76. The highest BCUT2D eigenvalue weighted by Gasteiger charge is 2.26. The molecule has 1 aromatic carbocycles. The Hall–Kier alpha value is -1.85. The van der Waals surface area contributed by atoms with Gasteiger partial charge in [-0.2, -0.15) is 0 Å². The van der Waals surface area contributed by atoms with Crippen molar-refractivity contribution in [1.82, 2.24) is 14.5 Å². The first-order chi connectivity index (χ1) is 12.8. The van der Waals surface area contributed by atoms with Gasteiger partial charge in [-0.05, 0) is 57.5 Å². The Balaban J connectivity index is 1.31. The zero-order valence-corrected chi connectivity index (χ0v) is 15.6. The normalized spacial score (nSPS) is 22.5. The van der Waals surface area contributed by atoms with Gasteiger partial charge in [0, 0.05) is 31.2 Å². The van der Waals surface area contributed by atoms with E-state index >= 15 is 0 Å². The summed E-state index contributed by atoms with van der Waals surface area (Å²) in [6, 6.07) is 10.2. The Morgan fingerprint density at radius 3 is 2.62 bits per heavy atom. The summed E-state index contributed by atoms with van der Waals surface area (Å²) in [7, 11) is 0. The van der Waals surface area contributed by atoms with Gasteiger partial charge >= 0.3 is 0 Å². The van der Waals surface area contributed by atoms with Gasteiger partial charge in [-0.3, -0.25) is 14.9 Å². The number of likely N-dealkylation sites (tertiary alicyclic amines) is 2. The number of piperidine rings is 2. The number of carbonyl (C=O) groups is 1. The van der Waals surface area contributed by atoms with Crippen molar-refractivity contribution >= 4 is 16.8 Å². The van der Waals surface area contributed by atoms with E-state index in [0.717, 1.165) is 49.9 Å². The highest BCUT2D eigenvalue weighted by atomic mass is 16.2. The van der Waals surface area contributed by atoms with Gasteiger partial charge in [0.25, 0.3) is 0 Å². The molecule has 26 heavy (non-hydrogen) atoms. The molecule has 4 rings (SSSR count). The molecule has 1 amide bonds. The molecular weight excluding hydrogens is 324 g/mol. The fourth-order valence-electron chi connectivity index (χ4n) is 4.33. The van der Waals surface area contributed by atoms with E-state index in [1.807, 2.05) is 35.1 Å². The van der Waals surface area contributed by atoms with Crippen molar-refractivity contribution < 1.29 is 4.79 Å². The molecule has 0 saturated carbocycles. The fraction of sp³-hybridized carbons (Fsp3) is 0.571. The maximum absolute atomic E-state index is 12.8. The van der Waals surface area contributed by atoms with Crippen LogP contribution in [0.5, 0.6) is 0 Å². The first kappa shape index (κ1) is 17.6. The average molecular weight is 354 g/mol. The van der Waals surface area contributed by atoms with Crippen LogP contribution in [-0.2, 0) is 4.79 Å². The Kier molecular flexibility index (Phi) is 5.56. The number of nitrogens with one attached hydrogen (secondary N) is 1. The molecule has 5 nitrogen and oxygen atoms in total. The van der Waals surface area contributed by atoms with Crippen LogP contribution >= 0.6 is 0 Å². The third kappa shape index (κ3) is 4.10. The largest absolute Gasteiger partial charge is 0.302 e. The van der Waals surface area contributed by atoms with Crippen LogP contribution in [0.15, 0.2) is 36.5 Å². The molecule has 2 fully saturated rings. The first-order valence-corrected chi connectivity index (χ1v) is 10.1. The van der Waals surface area contributed by atoms with Gasteiger partial charge in [-0.15, -0.1) is 0 Å². The number of fused-ring (bicyclic) bond motifs is 1. The molecule has 1 atom stereocenters. The van der Waals surface area contributed by atoms with E-state index in [1.165, 1.54) is 32.4 Å². The van der Waals surface area contributed by atoms with Gasteiger partial charge in [0.05, 0.1) is 11.4 Å². The van der Waals surface area contributed by atoms with Gasteiger partial charge in [-0.25, -0.2) is 0 Å². The maximum Gasteiger partial charge on any atom is 0.243 e. The molecule has 140 valence electrons. The molecule has 0 spiro atoms. The number of carbonyl (C=O) groups excluding carboxylic acids is 1. The third-order valence-corrected chi connectivity index (χ3v) is 5.89. The number of amides is 1. The van der Waals surface area contributed by atoms with Crippen LogP contribution in [0.1, 0.15) is 32.1 Å². The molecule has 5 heteroatoms. The lowest BCUT2D eigenvalue weighted by Crippen LogP contribution is -2.45. The molecule has 0 unspecified atom stereocenters. The van der Waals surface area contributed by atoms with E-state index in [0.29, 0.717) is 0 Å². The molecular formula is C21H30N4O. The van der Waals surface area contributed by atoms with Crippen molar-refractivity contribution in [2.45, 2.75) is 32.1 Å². The van der Waals surface area contributed by atoms with Crippen molar-refractivity contribution in [1.29, 1.82) is 0 Å². The van der Waals surface area contributed by atoms with Crippen LogP contribution in [0, 0.1) is 5.92 Å². The molecule has 3 heterocycles. The van der Waals surface area contributed by atoms with E-state index in [1.54, 1.807) is 0 Å². The topological polar surface area (TPSA) is 40.5 Å². The summed E-state index contributed by atoms with van der Waals surface area (Å²) in [5, 5.41) is 1.15. The van der Waals surface area contributed by atoms with Crippen LogP contribution in [0.3, 0.4) is 0 Å². The molecule has 0 radical (unpaired) electrons. The quantitative estimate of drug-likeness (QED) is 0.898. The van der Waals surface area contributed by atoms with Crippen molar-refractivity contribution in [2.75, 3.05) is 44.7 Å². The van der Waals surface area contributed by atoms with Crippen molar-refractivity contribution in [3.63, 3.8) is 0 Å². The van der Waals surface area contributed by atoms with E-state index < -0.39 is 0 Å². The van der Waals surface area contributed by atoms with Gasteiger partial charge in [0.1, 0.15) is 0 Å². The van der Waals surface area contributed by atoms with Crippen LogP contribution in [-0.4, -0.2) is 59.7 Å². The predicted octanol–water partition coefficient (Wildman–Crippen LogP) is 2.91. The average Bonchev–Trinajstić information content (AvgIpc) is 3.10. The lowest BCUT2D eigenvalue weighted by molar-refractivity contribution is -0.122. The Morgan fingerprint density at radius 1 is 0.962 bits per heavy atom. The smallest absolute Gasteiger partial charge is 0.243 e. The van der Waals surface area contributed by atoms with Crippen molar-refractivity contribution in [3.05, 3.63) is 36.5 Å². The van der Waals surface area contributed by atoms with Crippen molar-refractivity contribution in [3.8, 4) is 0 Å². The second kappa shape index (κ2) is 8.23. The maximum atomic E-state index is 12.8. The zero-order valence-electron chi connectivity index (χ0n) is 15.6. The van der Waals surface area contributed by atoms with Gasteiger partial charge in [0.2, 0.25) is 5.91 Å². The SMILES string of the molecule is O=C(Nn1ccc2ccccc21)[C@H]1CCCN(CCN2CCCCC2)C1. The highest BCUT2D eigenvalue weighted by Crippen LogP contribution is 2.19. The fourth-order valence-corrected chi connectivity index (χ4v) is 4.33. The summed E-state index contributed by atoms with van der Waals surface area (Å²) in [4.78, 5) is 17.9. The minimum absolute atomic E-state index is 0.0891. The standard InChI is InChI=1S/C21H30N4O/c26-21(22-25-14-10-18-7-2-3-9-20(18)25)19-8-6-13-24(17-19)16-15-23-11-4-1-5-12-23/h2-3,7,9-10,14,19H,1,4-6,8,11-13,15-17H2,(H,22,26)/t19-/m0/s1. The highest BCUT2D eigenvalue weighted by molar-refractivity contribution is 5.89. The summed E-state index contributed by atoms with van der Waals surface area (Å²) in [5.74, 6) is 0.236. The number of para-hydroxylation sites is 1. The van der Waals surface area contributed by atoms with Gasteiger partial charge in [0.15, 0.2) is 0 Å². The Bertz CT molecular complexity index is 734. The molecule has 1 aromatic heterocycles. The number of hydrogen-bond donors (Lipinski definition) is 1. The monoisotopic (exact) mass is 354 g/mol. The summed E-state index contributed by atoms with van der Waals surface area (Å²) >= 11 is 0. The van der Waals surface area contributed by atoms with E-state index in [9.17, 15) is 4.79 Å². The van der Waals surface area contributed by atoms with Gasteiger partial charge < -0.3 is 9.80 Å². The van der Waals surface area contributed by atoms with Gasteiger partial charge in [-0.1, -0.05) is 24.6 Å². The summed E-state index contributed by atoms with van der Waals surface area (Å²) in [6.45, 7) is 6.76. The molecule has 0 bridgehead atoms. The summed E-state index contributed by atoms with van der Waals surface area (Å²) < 4.78 is 1.87. The van der Waals surface area contributed by atoms with E-state index in [2.05, 4.69) is 21.3 Å². The Morgan fingerprint density at radius 2 is 1.73 bits per heavy atom. The van der Waals surface area contributed by atoms with Crippen molar-refractivity contribution in [2.24, 2.45) is 5.92 Å². The zero-order chi connectivity index (χ0) is 17.8. The first-order valence-electron chi connectivity index (χ1n) is 10.1. The minimum atomic E-state index is 0.0891. The van der Waals surface area contributed by atoms with E-state index in [4.69, 9.17) is 0 Å². The molecule has 0 aliphatic carbocycles. The molecule has 2 aliphatic heterocycles. The number of aromatic nitrogens is 1. The molecule has 2 saturated heterocycles. The van der Waals surface area contributed by atoms with Crippen LogP contribution < -0.4 is 5.43 Å². The third-order valence-electron chi connectivity index (χ3n) is 5.89. The predicted molar refractivity (Wildman–Crippen MR) is 106 cm³/mol. The molecule has 2 aliphatic rings. The molecule has 1 N–H and O–H groups in total. The summed E-state index contributed by atoms with van der Waals surface area (Å²) in [6.07, 6.45) is 8.12. The molecule has 2 aromatic rings. The number of rotatable bonds is 5. The lowest BCUT2D eigenvalue weighted by atomic mass is 9.97. The van der Waals surface area contributed by atoms with Crippen LogP contribution in [0.2, 0.25) is 0 Å². The van der Waals surface area contributed by atoms with Crippen LogP contribution in [0.4, 0.5) is 0 Å². The lowest BCUT2D eigenvalue weighted by Gasteiger charge is -2.34. The van der Waals surface area contributed by atoms with Crippen LogP contribution in [0.25, 0.3) is 10.9 Å². The summed E-state index contributed by atoms with van der Waals surface area (Å²) in [5.41, 5.74) is 4.16.